The van der Waals surface area contributed by atoms with Gasteiger partial charge in [-0.1, -0.05) is 6.92 Å². The molecule has 1 aromatic heterocycles. The van der Waals surface area contributed by atoms with Crippen molar-refractivity contribution in [1.82, 2.24) is 0 Å². The van der Waals surface area contributed by atoms with Crippen LogP contribution in [0.2, 0.25) is 0 Å². The molecule has 8 heteroatoms. The van der Waals surface area contributed by atoms with E-state index >= 15 is 0 Å². The van der Waals surface area contributed by atoms with Gasteiger partial charge in [0.25, 0.3) is 0 Å². The van der Waals surface area contributed by atoms with E-state index in [2.05, 4.69) is 15.9 Å². The zero-order valence-corrected chi connectivity index (χ0v) is 13.3. The van der Waals surface area contributed by atoms with Gasteiger partial charge in [-0.25, -0.2) is 8.42 Å². The molecule has 6 nitrogen and oxygen atoms in total. The summed E-state index contributed by atoms with van der Waals surface area (Å²) >= 11 is 3.17. The van der Waals surface area contributed by atoms with Gasteiger partial charge >= 0.3 is 5.97 Å². The van der Waals surface area contributed by atoms with Crippen molar-refractivity contribution < 1.29 is 22.7 Å². The Kier molecular flexibility index (Phi) is 4.20. The van der Waals surface area contributed by atoms with Crippen LogP contribution in [0.4, 0.5) is 0 Å². The average molecular weight is 375 g/mol. The molecule has 0 saturated carbocycles. The maximum absolute atomic E-state index is 12.1. The van der Waals surface area contributed by atoms with Crippen LogP contribution < -0.4 is 5.43 Å². The highest BCUT2D eigenvalue weighted by Crippen LogP contribution is 2.26. The van der Waals surface area contributed by atoms with E-state index in [-0.39, 0.29) is 23.1 Å². The van der Waals surface area contributed by atoms with Crippen LogP contribution in [0.1, 0.15) is 12.5 Å². The molecule has 0 aliphatic heterocycles. The van der Waals surface area contributed by atoms with Crippen molar-refractivity contribution in [2.24, 2.45) is 0 Å². The number of sulfone groups is 1. The Morgan fingerprint density at radius 2 is 2.00 bits per heavy atom. The van der Waals surface area contributed by atoms with Crippen LogP contribution in [-0.4, -0.2) is 25.2 Å². The second-order valence-corrected chi connectivity index (χ2v) is 7.42. The summed E-state index contributed by atoms with van der Waals surface area (Å²) in [5.41, 5.74) is -0.0276. The number of benzene rings is 1. The number of carboxylic acids is 1. The lowest BCUT2D eigenvalue weighted by molar-refractivity contribution is -0.136. The van der Waals surface area contributed by atoms with Crippen molar-refractivity contribution in [3.05, 3.63) is 38.5 Å². The Hall–Kier alpha value is -1.67. The van der Waals surface area contributed by atoms with Gasteiger partial charge in [-0.3, -0.25) is 9.59 Å². The van der Waals surface area contributed by atoms with Crippen molar-refractivity contribution in [1.29, 1.82) is 0 Å². The first-order chi connectivity index (χ1) is 9.74. The van der Waals surface area contributed by atoms with E-state index in [1.54, 1.807) is 0 Å². The molecule has 0 aliphatic carbocycles. The second-order valence-electron chi connectivity index (χ2n) is 4.36. The fraction of sp³-hybridized carbons (Fsp3) is 0.231. The number of hydrogen-bond donors (Lipinski definition) is 1. The standard InChI is InChI=1S/C13H11BrO6S/c1-2-21(18,19)12-6-10(15)8-3-7(5-11(16)17)4-9(14)13(8)20-12/h3-4,6H,2,5H2,1H3,(H,16,17). The molecule has 0 saturated heterocycles. The molecular weight excluding hydrogens is 364 g/mol. The molecule has 2 rings (SSSR count). The SMILES string of the molecule is CCS(=O)(=O)c1cc(=O)c2cc(CC(=O)O)cc(Br)c2o1. The van der Waals surface area contributed by atoms with Crippen molar-refractivity contribution in [3.8, 4) is 0 Å². The number of hydrogen-bond acceptors (Lipinski definition) is 5. The lowest BCUT2D eigenvalue weighted by Gasteiger charge is -2.06. The molecule has 0 amide bonds. The van der Waals surface area contributed by atoms with E-state index < -0.39 is 26.3 Å². The van der Waals surface area contributed by atoms with Gasteiger partial charge in [-0.15, -0.1) is 0 Å². The maximum Gasteiger partial charge on any atom is 0.307 e. The molecule has 0 radical (unpaired) electrons. The van der Waals surface area contributed by atoms with Crippen LogP contribution in [0.25, 0.3) is 11.0 Å². The van der Waals surface area contributed by atoms with Crippen molar-refractivity contribution in [2.45, 2.75) is 18.4 Å². The van der Waals surface area contributed by atoms with Crippen molar-refractivity contribution in [3.63, 3.8) is 0 Å². The van der Waals surface area contributed by atoms with Gasteiger partial charge < -0.3 is 9.52 Å². The van der Waals surface area contributed by atoms with Gasteiger partial charge in [0.05, 0.1) is 22.0 Å². The molecule has 1 aromatic carbocycles. The molecule has 21 heavy (non-hydrogen) atoms. The van der Waals surface area contributed by atoms with E-state index in [4.69, 9.17) is 9.52 Å². The summed E-state index contributed by atoms with van der Waals surface area (Å²) in [5.74, 6) is -1.22. The Morgan fingerprint density at radius 1 is 1.33 bits per heavy atom. The first-order valence-corrected chi connectivity index (χ1v) is 8.40. The van der Waals surface area contributed by atoms with Crippen LogP contribution >= 0.6 is 15.9 Å². The molecule has 0 bridgehead atoms. The van der Waals surface area contributed by atoms with E-state index in [1.807, 2.05) is 0 Å². The summed E-state index contributed by atoms with van der Waals surface area (Å²) in [6.07, 6.45) is -0.247. The monoisotopic (exact) mass is 374 g/mol. The third-order valence-electron chi connectivity index (χ3n) is 2.86. The predicted octanol–water partition coefficient (Wildman–Crippen LogP) is 1.98. The lowest BCUT2D eigenvalue weighted by Crippen LogP contribution is -2.10. The first-order valence-electron chi connectivity index (χ1n) is 5.95. The lowest BCUT2D eigenvalue weighted by atomic mass is 10.1. The van der Waals surface area contributed by atoms with Crippen LogP contribution in [-0.2, 0) is 21.1 Å². The van der Waals surface area contributed by atoms with E-state index in [0.717, 1.165) is 6.07 Å². The summed E-state index contributed by atoms with van der Waals surface area (Å²) in [6.45, 7) is 1.45. The van der Waals surface area contributed by atoms with Gasteiger partial charge in [0.15, 0.2) is 11.0 Å². The van der Waals surface area contributed by atoms with Gasteiger partial charge in [0.2, 0.25) is 14.9 Å². The largest absolute Gasteiger partial charge is 0.481 e. The highest BCUT2D eigenvalue weighted by atomic mass is 79.9. The normalized spacial score (nSPS) is 11.7. The Balaban J connectivity index is 2.75. The number of rotatable bonds is 4. The van der Waals surface area contributed by atoms with E-state index in [1.165, 1.54) is 19.1 Å². The minimum Gasteiger partial charge on any atom is -0.481 e. The van der Waals surface area contributed by atoms with Crippen LogP contribution in [0.3, 0.4) is 0 Å². The quantitative estimate of drug-likeness (QED) is 0.877. The number of carboxylic acid groups (broad SMARTS) is 1. The summed E-state index contributed by atoms with van der Waals surface area (Å²) in [4.78, 5) is 22.8. The molecule has 0 fully saturated rings. The fourth-order valence-corrected chi connectivity index (χ4v) is 3.19. The van der Waals surface area contributed by atoms with Crippen LogP contribution in [0.15, 0.2) is 37.0 Å². The molecule has 2 aromatic rings. The molecule has 1 heterocycles. The molecule has 0 unspecified atom stereocenters. The minimum atomic E-state index is -3.64. The number of fused-ring (bicyclic) bond motifs is 1. The summed E-state index contributed by atoms with van der Waals surface area (Å²) in [6, 6.07) is 3.79. The van der Waals surface area contributed by atoms with Crippen molar-refractivity contribution in [2.75, 3.05) is 5.75 Å². The van der Waals surface area contributed by atoms with Crippen LogP contribution in [0.5, 0.6) is 0 Å². The zero-order chi connectivity index (χ0) is 15.8. The summed E-state index contributed by atoms with van der Waals surface area (Å²) in [5, 5.41) is 8.53. The highest BCUT2D eigenvalue weighted by Gasteiger charge is 2.19. The third kappa shape index (κ3) is 3.16. The molecule has 112 valence electrons. The Morgan fingerprint density at radius 3 is 2.57 bits per heavy atom. The minimum absolute atomic E-state index is 0.0867. The predicted molar refractivity (Wildman–Crippen MR) is 79.3 cm³/mol. The highest BCUT2D eigenvalue weighted by molar-refractivity contribution is 9.10. The number of halogens is 1. The number of carbonyl (C=O) groups is 1. The Labute approximate surface area is 128 Å². The smallest absolute Gasteiger partial charge is 0.307 e. The Bertz CT molecular complexity index is 881. The fourth-order valence-electron chi connectivity index (χ4n) is 1.82. The zero-order valence-electron chi connectivity index (χ0n) is 10.9. The van der Waals surface area contributed by atoms with Gasteiger partial charge in [-0.05, 0) is 33.6 Å². The van der Waals surface area contributed by atoms with Gasteiger partial charge in [-0.2, -0.15) is 0 Å². The third-order valence-corrected chi connectivity index (χ3v) is 5.03. The molecule has 0 atom stereocenters. The topological polar surface area (TPSA) is 102 Å². The average Bonchev–Trinajstić information content (AvgIpc) is 2.39. The molecule has 0 aliphatic rings. The second kappa shape index (κ2) is 5.61. The first kappa shape index (κ1) is 15.7. The summed E-state index contributed by atoms with van der Waals surface area (Å²) in [7, 11) is -3.64. The van der Waals surface area contributed by atoms with Gasteiger partial charge in [0.1, 0.15) is 0 Å². The van der Waals surface area contributed by atoms with Crippen LogP contribution in [0, 0.1) is 0 Å². The molecule has 0 spiro atoms. The molecule has 1 N–H and O–H groups in total. The summed E-state index contributed by atoms with van der Waals surface area (Å²) < 4.78 is 29.2. The number of aliphatic carboxylic acids is 1. The van der Waals surface area contributed by atoms with E-state index in [0.29, 0.717) is 10.0 Å². The van der Waals surface area contributed by atoms with Gasteiger partial charge in [0, 0.05) is 6.07 Å². The van der Waals surface area contributed by atoms with Crippen molar-refractivity contribution >= 4 is 42.7 Å². The van der Waals surface area contributed by atoms with E-state index in [9.17, 15) is 18.0 Å². The molecular formula is C13H11BrO6S. The maximum atomic E-state index is 12.1.